The molecule has 9 nitrogen and oxygen atoms in total. The van der Waals surface area contributed by atoms with E-state index in [2.05, 4.69) is 10.4 Å². The number of carbonyl (C=O) groups is 2. The highest BCUT2D eigenvalue weighted by Gasteiger charge is 2.49. The van der Waals surface area contributed by atoms with Crippen LogP contribution in [0.4, 0.5) is 9.59 Å². The van der Waals surface area contributed by atoms with Crippen molar-refractivity contribution in [3.8, 4) is 0 Å². The lowest BCUT2D eigenvalue weighted by molar-refractivity contribution is -0.0446. The molecule has 3 rings (SSSR count). The summed E-state index contributed by atoms with van der Waals surface area (Å²) in [5.74, 6) is 0.875. The Balaban J connectivity index is 1.75. The second-order valence-corrected chi connectivity index (χ2v) is 10.3. The number of nitrogens with zero attached hydrogens (tertiary/aromatic N) is 3. The van der Waals surface area contributed by atoms with Gasteiger partial charge in [-0.1, -0.05) is 0 Å². The molecule has 5 atom stereocenters. The van der Waals surface area contributed by atoms with Crippen LogP contribution in [0.3, 0.4) is 0 Å². The van der Waals surface area contributed by atoms with E-state index in [0.717, 1.165) is 32.4 Å². The molecule has 1 saturated carbocycles. The summed E-state index contributed by atoms with van der Waals surface area (Å²) >= 11 is 0. The fraction of sp³-hybridized carbons (Fsp3) is 0.909. The number of hydrogen-bond donors (Lipinski definition) is 2. The second kappa shape index (κ2) is 9.50. The van der Waals surface area contributed by atoms with E-state index in [1.807, 2.05) is 44.4 Å². The lowest BCUT2D eigenvalue weighted by Crippen LogP contribution is -2.67. The van der Waals surface area contributed by atoms with Crippen molar-refractivity contribution in [2.45, 2.75) is 83.7 Å². The normalized spacial score (nSPS) is 32.2. The third kappa shape index (κ3) is 5.62. The Morgan fingerprint density at radius 2 is 1.84 bits per heavy atom. The van der Waals surface area contributed by atoms with Crippen molar-refractivity contribution in [3.05, 3.63) is 0 Å². The Morgan fingerprint density at radius 3 is 2.45 bits per heavy atom. The molecule has 2 N–H and O–H groups in total. The zero-order valence-corrected chi connectivity index (χ0v) is 19.8. The quantitative estimate of drug-likeness (QED) is 0.691. The lowest BCUT2D eigenvalue weighted by Gasteiger charge is -2.53. The third-order valence-electron chi connectivity index (χ3n) is 6.75. The Labute approximate surface area is 186 Å². The van der Waals surface area contributed by atoms with Gasteiger partial charge < -0.3 is 19.5 Å². The number of hydrazine groups is 1. The standard InChI is InChI=1S/C22H40N4O5/c1-14(2)31-20(27)25-11-15(3)26(21(28)30-6)18-8-7-16(9-19(18)25)17-10-23-24(12-17)13-22(4,5)29/h14-19,23,29H,7-13H2,1-6H3/t15-,16?,17?,18?,19?/m0/s1. The summed E-state index contributed by atoms with van der Waals surface area (Å²) in [4.78, 5) is 29.1. The van der Waals surface area contributed by atoms with E-state index in [1.165, 1.54) is 7.11 Å². The van der Waals surface area contributed by atoms with E-state index in [1.54, 1.807) is 0 Å². The van der Waals surface area contributed by atoms with Gasteiger partial charge in [-0.15, -0.1) is 0 Å². The average Bonchev–Trinajstić information content (AvgIpc) is 3.12. The molecule has 1 aliphatic carbocycles. The van der Waals surface area contributed by atoms with Crippen LogP contribution in [-0.2, 0) is 9.47 Å². The summed E-state index contributed by atoms with van der Waals surface area (Å²) in [5, 5.41) is 12.2. The number of hydrogen-bond acceptors (Lipinski definition) is 7. The summed E-state index contributed by atoms with van der Waals surface area (Å²) in [6, 6.07) is -0.266. The minimum Gasteiger partial charge on any atom is -0.453 e. The number of β-amino-alcohol motifs (C(OH)–C–C–N with tert-alkyl or cyclic N) is 1. The largest absolute Gasteiger partial charge is 0.453 e. The molecule has 0 aromatic heterocycles. The topological polar surface area (TPSA) is 94.6 Å². The van der Waals surface area contributed by atoms with Crippen LogP contribution in [0.5, 0.6) is 0 Å². The van der Waals surface area contributed by atoms with Crippen LogP contribution in [0.2, 0.25) is 0 Å². The van der Waals surface area contributed by atoms with Gasteiger partial charge in [-0.2, -0.15) is 0 Å². The average molecular weight is 441 g/mol. The van der Waals surface area contributed by atoms with E-state index in [4.69, 9.17) is 9.47 Å². The predicted octanol–water partition coefficient (Wildman–Crippen LogP) is 2.05. The molecule has 31 heavy (non-hydrogen) atoms. The van der Waals surface area contributed by atoms with Gasteiger partial charge in [-0.25, -0.2) is 14.6 Å². The minimum atomic E-state index is -0.753. The first-order chi connectivity index (χ1) is 14.5. The van der Waals surface area contributed by atoms with E-state index in [-0.39, 0.29) is 36.4 Å². The van der Waals surface area contributed by atoms with Gasteiger partial charge >= 0.3 is 12.2 Å². The van der Waals surface area contributed by atoms with Crippen LogP contribution >= 0.6 is 0 Å². The Morgan fingerprint density at radius 1 is 1.13 bits per heavy atom. The van der Waals surface area contributed by atoms with E-state index in [9.17, 15) is 14.7 Å². The zero-order chi connectivity index (χ0) is 22.9. The number of rotatable bonds is 4. The van der Waals surface area contributed by atoms with Crippen LogP contribution in [0.25, 0.3) is 0 Å². The molecule has 0 spiro atoms. The van der Waals surface area contributed by atoms with Gasteiger partial charge in [0.15, 0.2) is 0 Å². The predicted molar refractivity (Wildman–Crippen MR) is 116 cm³/mol. The number of piperazine rings is 1. The van der Waals surface area contributed by atoms with Crippen molar-refractivity contribution in [1.29, 1.82) is 0 Å². The Hall–Kier alpha value is -1.58. The molecule has 3 aliphatic rings. The first-order valence-electron chi connectivity index (χ1n) is 11.5. The Bertz CT molecular complexity index is 652. The van der Waals surface area contributed by atoms with Crippen LogP contribution in [-0.4, -0.2) is 95.2 Å². The van der Waals surface area contributed by atoms with Gasteiger partial charge in [0.05, 0.1) is 36.9 Å². The van der Waals surface area contributed by atoms with E-state index in [0.29, 0.717) is 24.9 Å². The monoisotopic (exact) mass is 440 g/mol. The fourth-order valence-corrected chi connectivity index (χ4v) is 5.55. The molecule has 4 unspecified atom stereocenters. The number of amides is 2. The maximum Gasteiger partial charge on any atom is 0.410 e. The summed E-state index contributed by atoms with van der Waals surface area (Å²) in [6.45, 7) is 12.1. The van der Waals surface area contributed by atoms with Gasteiger partial charge in [-0.3, -0.25) is 10.3 Å². The summed E-state index contributed by atoms with van der Waals surface area (Å²) in [6.07, 6.45) is 1.86. The highest BCUT2D eigenvalue weighted by molar-refractivity contribution is 5.72. The SMILES string of the molecule is COC(=O)N1C2CCC(C3CNN(CC(C)(C)O)C3)CC2N(C(=O)OC(C)C)C[C@@H]1C. The molecule has 0 radical (unpaired) electrons. The van der Waals surface area contributed by atoms with E-state index >= 15 is 0 Å². The van der Waals surface area contributed by atoms with Gasteiger partial charge in [0.25, 0.3) is 0 Å². The molecule has 2 saturated heterocycles. The van der Waals surface area contributed by atoms with Gasteiger partial charge in [0.2, 0.25) is 0 Å². The third-order valence-corrected chi connectivity index (χ3v) is 6.75. The second-order valence-electron chi connectivity index (χ2n) is 10.3. The maximum absolute atomic E-state index is 12.9. The van der Waals surface area contributed by atoms with Crippen LogP contribution < -0.4 is 5.43 Å². The molecule has 0 aromatic carbocycles. The highest BCUT2D eigenvalue weighted by Crippen LogP contribution is 2.40. The first-order valence-corrected chi connectivity index (χ1v) is 11.5. The number of fused-ring (bicyclic) bond motifs is 1. The number of methoxy groups -OCH3 is 1. The molecule has 2 heterocycles. The summed E-state index contributed by atoms with van der Waals surface area (Å²) in [5.41, 5.74) is 2.67. The molecule has 3 fully saturated rings. The first kappa shape index (κ1) is 24.1. The fourth-order valence-electron chi connectivity index (χ4n) is 5.55. The van der Waals surface area contributed by atoms with Crippen molar-refractivity contribution >= 4 is 12.2 Å². The van der Waals surface area contributed by atoms with Crippen molar-refractivity contribution in [1.82, 2.24) is 20.2 Å². The number of carbonyl (C=O) groups excluding carboxylic acids is 2. The molecular weight excluding hydrogens is 400 g/mol. The van der Waals surface area contributed by atoms with Crippen LogP contribution in [0.15, 0.2) is 0 Å². The van der Waals surface area contributed by atoms with Crippen molar-refractivity contribution < 1.29 is 24.2 Å². The minimum absolute atomic E-state index is 0.0611. The molecular formula is C22H40N4O5. The zero-order valence-electron chi connectivity index (χ0n) is 19.8. The molecule has 9 heteroatoms. The maximum atomic E-state index is 12.9. The molecule has 2 amide bonds. The number of nitrogens with one attached hydrogen (secondary N) is 1. The molecule has 0 aromatic rings. The molecule has 2 aliphatic heterocycles. The van der Waals surface area contributed by atoms with Gasteiger partial charge in [-0.05, 0) is 65.7 Å². The van der Waals surface area contributed by atoms with Crippen LogP contribution in [0, 0.1) is 11.8 Å². The van der Waals surface area contributed by atoms with Crippen LogP contribution in [0.1, 0.15) is 53.9 Å². The smallest absolute Gasteiger partial charge is 0.410 e. The Kier molecular flexibility index (Phi) is 7.38. The molecule has 178 valence electrons. The summed E-state index contributed by atoms with van der Waals surface area (Å²) in [7, 11) is 1.41. The van der Waals surface area contributed by atoms with Gasteiger partial charge in [0.1, 0.15) is 0 Å². The number of aliphatic hydroxyl groups is 1. The van der Waals surface area contributed by atoms with Crippen molar-refractivity contribution in [2.75, 3.05) is 33.3 Å². The van der Waals surface area contributed by atoms with Crippen molar-refractivity contribution in [2.24, 2.45) is 11.8 Å². The summed E-state index contributed by atoms with van der Waals surface area (Å²) < 4.78 is 10.6. The molecule has 0 bridgehead atoms. The van der Waals surface area contributed by atoms with E-state index < -0.39 is 5.60 Å². The van der Waals surface area contributed by atoms with Crippen molar-refractivity contribution in [3.63, 3.8) is 0 Å². The number of ether oxygens (including phenoxy) is 2. The highest BCUT2D eigenvalue weighted by atomic mass is 16.6. The lowest BCUT2D eigenvalue weighted by atomic mass is 9.73. The van der Waals surface area contributed by atoms with Gasteiger partial charge in [0, 0.05) is 26.2 Å².